The predicted octanol–water partition coefficient (Wildman–Crippen LogP) is 0.920. The standard InChI is InChI=1S/C8H16O2/c1-8(6-9)5-3-2-4-7(8)10/h7,9-10H,2-6H2,1H3/t7-,8-/m0/s1. The third-order valence-electron chi connectivity index (χ3n) is 2.64. The maximum absolute atomic E-state index is 9.47. The Morgan fingerprint density at radius 1 is 1.50 bits per heavy atom. The molecule has 0 radical (unpaired) electrons. The Labute approximate surface area is 61.9 Å². The molecule has 0 aliphatic heterocycles. The van der Waals surface area contributed by atoms with Crippen LogP contribution in [0.15, 0.2) is 0 Å². The van der Waals surface area contributed by atoms with Crippen LogP contribution in [0, 0.1) is 5.41 Å². The summed E-state index contributed by atoms with van der Waals surface area (Å²) in [6, 6.07) is 0. The van der Waals surface area contributed by atoms with Crippen molar-refractivity contribution < 1.29 is 10.2 Å². The lowest BCUT2D eigenvalue weighted by Crippen LogP contribution is -2.38. The molecular formula is C8H16O2. The van der Waals surface area contributed by atoms with Gasteiger partial charge in [-0.3, -0.25) is 0 Å². The van der Waals surface area contributed by atoms with Gasteiger partial charge in [0.25, 0.3) is 0 Å². The fourth-order valence-corrected chi connectivity index (χ4v) is 1.57. The Bertz CT molecular complexity index is 114. The molecule has 2 nitrogen and oxygen atoms in total. The summed E-state index contributed by atoms with van der Waals surface area (Å²) >= 11 is 0. The van der Waals surface area contributed by atoms with Gasteiger partial charge in [-0.2, -0.15) is 0 Å². The van der Waals surface area contributed by atoms with Crippen molar-refractivity contribution in [3.05, 3.63) is 0 Å². The third kappa shape index (κ3) is 1.32. The smallest absolute Gasteiger partial charge is 0.0615 e. The topological polar surface area (TPSA) is 40.5 Å². The van der Waals surface area contributed by atoms with Crippen molar-refractivity contribution in [1.29, 1.82) is 0 Å². The summed E-state index contributed by atoms with van der Waals surface area (Å²) in [6.45, 7) is 2.07. The van der Waals surface area contributed by atoms with Gasteiger partial charge in [0.05, 0.1) is 12.7 Å². The highest BCUT2D eigenvalue weighted by Crippen LogP contribution is 2.35. The lowest BCUT2D eigenvalue weighted by molar-refractivity contribution is -0.0348. The van der Waals surface area contributed by atoms with Gasteiger partial charge in [-0.25, -0.2) is 0 Å². The van der Waals surface area contributed by atoms with E-state index < -0.39 is 0 Å². The fourth-order valence-electron chi connectivity index (χ4n) is 1.57. The lowest BCUT2D eigenvalue weighted by atomic mass is 9.74. The van der Waals surface area contributed by atoms with Gasteiger partial charge in [-0.1, -0.05) is 19.8 Å². The fraction of sp³-hybridized carbons (Fsp3) is 1.00. The summed E-state index contributed by atoms with van der Waals surface area (Å²) in [5, 5.41) is 18.4. The molecule has 1 saturated carbocycles. The molecule has 0 aromatic heterocycles. The highest BCUT2D eigenvalue weighted by atomic mass is 16.3. The number of hydrogen-bond donors (Lipinski definition) is 2. The Hall–Kier alpha value is -0.0800. The van der Waals surface area contributed by atoms with E-state index in [1.165, 1.54) is 0 Å². The van der Waals surface area contributed by atoms with Crippen LogP contribution < -0.4 is 0 Å². The van der Waals surface area contributed by atoms with Crippen molar-refractivity contribution >= 4 is 0 Å². The van der Waals surface area contributed by atoms with Crippen molar-refractivity contribution in [1.82, 2.24) is 0 Å². The average Bonchev–Trinajstić information content (AvgIpc) is 1.96. The summed E-state index contributed by atoms with van der Waals surface area (Å²) in [5.41, 5.74) is -0.210. The summed E-state index contributed by atoms with van der Waals surface area (Å²) in [4.78, 5) is 0. The highest BCUT2D eigenvalue weighted by Gasteiger charge is 2.34. The van der Waals surface area contributed by atoms with Crippen molar-refractivity contribution in [2.75, 3.05) is 6.61 Å². The minimum atomic E-state index is -0.286. The third-order valence-corrected chi connectivity index (χ3v) is 2.64. The Balaban J connectivity index is 2.54. The Kier molecular flexibility index (Phi) is 2.32. The molecule has 1 rings (SSSR count). The zero-order chi connectivity index (χ0) is 7.61. The van der Waals surface area contributed by atoms with E-state index in [9.17, 15) is 5.11 Å². The van der Waals surface area contributed by atoms with Gasteiger partial charge in [0.15, 0.2) is 0 Å². The van der Waals surface area contributed by atoms with Crippen LogP contribution in [-0.4, -0.2) is 22.9 Å². The van der Waals surface area contributed by atoms with Gasteiger partial charge >= 0.3 is 0 Å². The zero-order valence-electron chi connectivity index (χ0n) is 6.51. The van der Waals surface area contributed by atoms with E-state index in [0.29, 0.717) is 0 Å². The van der Waals surface area contributed by atoms with Crippen molar-refractivity contribution in [3.8, 4) is 0 Å². The average molecular weight is 144 g/mol. The first-order chi connectivity index (χ1) is 4.69. The van der Waals surface area contributed by atoms with Crippen molar-refractivity contribution in [2.45, 2.75) is 38.7 Å². The molecule has 2 atom stereocenters. The van der Waals surface area contributed by atoms with Crippen molar-refractivity contribution in [3.63, 3.8) is 0 Å². The van der Waals surface area contributed by atoms with E-state index >= 15 is 0 Å². The largest absolute Gasteiger partial charge is 0.396 e. The first-order valence-electron chi connectivity index (χ1n) is 3.98. The molecule has 1 aliphatic rings. The lowest BCUT2D eigenvalue weighted by Gasteiger charge is -2.36. The molecule has 0 aromatic rings. The molecule has 1 fully saturated rings. The SMILES string of the molecule is C[C@@]1(CO)CCCC[C@@H]1O. The monoisotopic (exact) mass is 144 g/mol. The molecule has 0 bridgehead atoms. The molecule has 0 amide bonds. The molecule has 0 aromatic carbocycles. The minimum absolute atomic E-state index is 0.119. The number of rotatable bonds is 1. The van der Waals surface area contributed by atoms with E-state index in [4.69, 9.17) is 5.11 Å². The molecule has 1 aliphatic carbocycles. The van der Waals surface area contributed by atoms with Crippen LogP contribution in [0.2, 0.25) is 0 Å². The predicted molar refractivity (Wildman–Crippen MR) is 39.7 cm³/mol. The van der Waals surface area contributed by atoms with Crippen LogP contribution in [0.1, 0.15) is 32.6 Å². The van der Waals surface area contributed by atoms with E-state index in [1.54, 1.807) is 0 Å². The van der Waals surface area contributed by atoms with Crippen LogP contribution in [0.5, 0.6) is 0 Å². The first kappa shape index (κ1) is 8.02. The molecule has 0 heterocycles. The molecule has 60 valence electrons. The second-order valence-electron chi connectivity index (χ2n) is 3.57. The number of aliphatic hydroxyl groups is 2. The van der Waals surface area contributed by atoms with Crippen LogP contribution in [0.3, 0.4) is 0 Å². The molecule has 0 unspecified atom stereocenters. The number of aliphatic hydroxyl groups excluding tert-OH is 2. The van der Waals surface area contributed by atoms with Gasteiger partial charge < -0.3 is 10.2 Å². The van der Waals surface area contributed by atoms with Crippen LogP contribution in [0.25, 0.3) is 0 Å². The summed E-state index contributed by atoms with van der Waals surface area (Å²) in [5.74, 6) is 0. The van der Waals surface area contributed by atoms with E-state index in [-0.39, 0.29) is 18.1 Å². The maximum Gasteiger partial charge on any atom is 0.0615 e. The molecular weight excluding hydrogens is 128 g/mol. The first-order valence-corrected chi connectivity index (χ1v) is 3.98. The van der Waals surface area contributed by atoms with Crippen LogP contribution in [-0.2, 0) is 0 Å². The maximum atomic E-state index is 9.47. The van der Waals surface area contributed by atoms with Crippen LogP contribution in [0.4, 0.5) is 0 Å². The number of hydrogen-bond acceptors (Lipinski definition) is 2. The van der Waals surface area contributed by atoms with E-state index in [0.717, 1.165) is 25.7 Å². The summed E-state index contributed by atoms with van der Waals surface area (Å²) in [6.07, 6.45) is 3.79. The Morgan fingerprint density at radius 3 is 2.60 bits per heavy atom. The Morgan fingerprint density at radius 2 is 2.20 bits per heavy atom. The minimum Gasteiger partial charge on any atom is -0.396 e. The second kappa shape index (κ2) is 2.89. The second-order valence-corrected chi connectivity index (χ2v) is 3.57. The van der Waals surface area contributed by atoms with Gasteiger partial charge in [-0.05, 0) is 12.8 Å². The highest BCUT2D eigenvalue weighted by molar-refractivity contribution is 4.85. The molecule has 2 heteroatoms. The molecule has 2 N–H and O–H groups in total. The normalized spacial score (nSPS) is 41.7. The summed E-state index contributed by atoms with van der Waals surface area (Å²) in [7, 11) is 0. The zero-order valence-corrected chi connectivity index (χ0v) is 6.51. The van der Waals surface area contributed by atoms with Crippen LogP contribution >= 0.6 is 0 Å². The molecule has 0 spiro atoms. The van der Waals surface area contributed by atoms with Gasteiger partial charge in [0.1, 0.15) is 0 Å². The summed E-state index contributed by atoms with van der Waals surface area (Å²) < 4.78 is 0. The van der Waals surface area contributed by atoms with Gasteiger partial charge in [0.2, 0.25) is 0 Å². The molecule has 0 saturated heterocycles. The van der Waals surface area contributed by atoms with Gasteiger partial charge in [-0.15, -0.1) is 0 Å². The van der Waals surface area contributed by atoms with E-state index in [2.05, 4.69) is 0 Å². The van der Waals surface area contributed by atoms with E-state index in [1.807, 2.05) is 6.92 Å². The van der Waals surface area contributed by atoms with Crippen molar-refractivity contribution in [2.24, 2.45) is 5.41 Å². The quantitative estimate of drug-likeness (QED) is 0.574. The molecule has 10 heavy (non-hydrogen) atoms. The van der Waals surface area contributed by atoms with Gasteiger partial charge in [0, 0.05) is 5.41 Å².